The maximum Gasteiger partial charge on any atom is 0.412 e. The van der Waals surface area contributed by atoms with Crippen molar-refractivity contribution in [2.24, 2.45) is 0 Å². The Bertz CT molecular complexity index is 1640. The lowest BCUT2D eigenvalue weighted by atomic mass is 9.88. The summed E-state index contributed by atoms with van der Waals surface area (Å²) in [7, 11) is 0. The molecule has 3 amide bonds. The standard InChI is InChI=1S/C31H32ClF2N3O11/c1-15-21(10-11-45-15)37-30(44)47-23-12-31(29(42)43,46-14-18-4-3-5-20(33)24(18)34)48-27(25(23)36-16(2)38)26(40)22(39)13-35-28(41)17-6-8-19(32)9-7-17/h3-11,22-23,25-27,39-40H,12-14H2,1-2H3,(H,35,41)(H,36,38)(H,37,44)(H,42,43)/t22-,23+,25-,26-,27-,31-/m1/s1. The molecule has 0 spiro atoms. The van der Waals surface area contributed by atoms with Gasteiger partial charge in [0.15, 0.2) is 11.6 Å². The van der Waals surface area contributed by atoms with E-state index in [0.717, 1.165) is 25.1 Å². The first kappa shape index (κ1) is 36.2. The minimum absolute atomic E-state index is 0.168. The van der Waals surface area contributed by atoms with Gasteiger partial charge < -0.3 is 44.6 Å². The summed E-state index contributed by atoms with van der Waals surface area (Å²) in [6.45, 7) is 1.16. The summed E-state index contributed by atoms with van der Waals surface area (Å²) in [5.41, 5.74) is -0.0221. The predicted molar refractivity (Wildman–Crippen MR) is 162 cm³/mol. The van der Waals surface area contributed by atoms with Crippen LogP contribution in [0.4, 0.5) is 19.3 Å². The van der Waals surface area contributed by atoms with Crippen LogP contribution in [0.1, 0.15) is 35.0 Å². The van der Waals surface area contributed by atoms with Crippen molar-refractivity contribution in [1.82, 2.24) is 10.6 Å². The fourth-order valence-electron chi connectivity index (χ4n) is 4.93. The highest BCUT2D eigenvalue weighted by atomic mass is 35.5. The number of halogens is 3. The van der Waals surface area contributed by atoms with Crippen LogP contribution in [0.25, 0.3) is 0 Å². The summed E-state index contributed by atoms with van der Waals surface area (Å²) in [6.07, 6.45) is -8.17. The first-order chi connectivity index (χ1) is 22.7. The number of furan rings is 1. The number of amides is 3. The second kappa shape index (κ2) is 15.5. The lowest BCUT2D eigenvalue weighted by Gasteiger charge is -2.47. The number of carbonyl (C=O) groups excluding carboxylic acids is 3. The van der Waals surface area contributed by atoms with Crippen LogP contribution in [-0.2, 0) is 30.4 Å². The highest BCUT2D eigenvalue weighted by Gasteiger charge is 2.57. The zero-order valence-corrected chi connectivity index (χ0v) is 26.2. The van der Waals surface area contributed by atoms with Crippen LogP contribution >= 0.6 is 11.6 Å². The van der Waals surface area contributed by atoms with E-state index >= 15 is 0 Å². The first-order valence-corrected chi connectivity index (χ1v) is 14.8. The number of anilines is 1. The summed E-state index contributed by atoms with van der Waals surface area (Å²) >= 11 is 5.85. The third-order valence-electron chi connectivity index (χ3n) is 7.40. The number of hydrogen-bond donors (Lipinski definition) is 6. The number of aliphatic hydroxyl groups is 2. The average molecular weight is 696 g/mol. The highest BCUT2D eigenvalue weighted by molar-refractivity contribution is 6.30. The maximum atomic E-state index is 14.5. The van der Waals surface area contributed by atoms with Gasteiger partial charge in [0.1, 0.15) is 24.1 Å². The average Bonchev–Trinajstić information content (AvgIpc) is 3.44. The molecule has 17 heteroatoms. The van der Waals surface area contributed by atoms with Crippen molar-refractivity contribution in [3.8, 4) is 0 Å². The zero-order valence-electron chi connectivity index (χ0n) is 25.4. The number of benzene rings is 2. The van der Waals surface area contributed by atoms with E-state index in [-0.39, 0.29) is 11.3 Å². The molecule has 2 aromatic carbocycles. The number of hydrogen-bond acceptors (Lipinski definition) is 10. The van der Waals surface area contributed by atoms with Crippen molar-refractivity contribution < 1.29 is 61.9 Å². The van der Waals surface area contributed by atoms with Gasteiger partial charge in [0.25, 0.3) is 11.7 Å². The Hall–Kier alpha value is -4.61. The summed E-state index contributed by atoms with van der Waals surface area (Å²) in [5.74, 6) is -8.29. The van der Waals surface area contributed by atoms with Gasteiger partial charge in [-0.3, -0.25) is 14.9 Å². The Kier molecular flexibility index (Phi) is 11.7. The molecular formula is C31H32ClF2N3O11. The van der Waals surface area contributed by atoms with Crippen LogP contribution in [0, 0.1) is 18.6 Å². The molecule has 0 unspecified atom stereocenters. The second-order valence-corrected chi connectivity index (χ2v) is 11.2. The van der Waals surface area contributed by atoms with Crippen LogP contribution in [0.15, 0.2) is 59.2 Å². The van der Waals surface area contributed by atoms with E-state index in [9.17, 15) is 43.3 Å². The van der Waals surface area contributed by atoms with E-state index in [1.54, 1.807) is 6.92 Å². The van der Waals surface area contributed by atoms with Gasteiger partial charge in [-0.15, -0.1) is 0 Å². The SMILES string of the molecule is CC(=O)N[C@H]1[C@H]([C@H](O)[C@H](O)CNC(=O)c2ccc(Cl)cc2)O[C@@](OCc2cccc(F)c2F)(C(=O)O)C[C@@H]1OC(=O)Nc1ccoc1C. The number of aryl methyl sites for hydroxylation is 1. The van der Waals surface area contributed by atoms with Gasteiger partial charge >= 0.3 is 12.1 Å². The molecule has 258 valence electrons. The highest BCUT2D eigenvalue weighted by Crippen LogP contribution is 2.36. The zero-order chi connectivity index (χ0) is 35.2. The molecule has 3 aromatic rings. The first-order valence-electron chi connectivity index (χ1n) is 14.4. The summed E-state index contributed by atoms with van der Waals surface area (Å²) < 4.78 is 50.3. The topological polar surface area (TPSA) is 206 Å². The van der Waals surface area contributed by atoms with Gasteiger partial charge in [0.2, 0.25) is 5.91 Å². The Morgan fingerprint density at radius 3 is 2.44 bits per heavy atom. The van der Waals surface area contributed by atoms with Crippen LogP contribution < -0.4 is 16.0 Å². The van der Waals surface area contributed by atoms with Gasteiger partial charge in [-0.05, 0) is 37.3 Å². The van der Waals surface area contributed by atoms with Crippen LogP contribution in [0.5, 0.6) is 0 Å². The van der Waals surface area contributed by atoms with Crippen molar-refractivity contribution in [2.75, 3.05) is 11.9 Å². The number of nitrogens with one attached hydrogen (secondary N) is 3. The van der Waals surface area contributed by atoms with E-state index < -0.39 is 96.9 Å². The maximum absolute atomic E-state index is 14.5. The van der Waals surface area contributed by atoms with Gasteiger partial charge in [-0.25, -0.2) is 18.4 Å². The van der Waals surface area contributed by atoms with Gasteiger partial charge in [-0.2, -0.15) is 0 Å². The predicted octanol–water partition coefficient (Wildman–Crippen LogP) is 2.88. The quantitative estimate of drug-likeness (QED) is 0.162. The van der Waals surface area contributed by atoms with Crippen molar-refractivity contribution >= 4 is 41.2 Å². The third-order valence-corrected chi connectivity index (χ3v) is 7.65. The number of rotatable bonds is 12. The van der Waals surface area contributed by atoms with E-state index in [0.29, 0.717) is 10.8 Å². The molecule has 48 heavy (non-hydrogen) atoms. The summed E-state index contributed by atoms with van der Waals surface area (Å²) in [5, 5.41) is 40.2. The Balaban J connectivity index is 1.65. The molecule has 4 rings (SSSR count). The van der Waals surface area contributed by atoms with E-state index in [2.05, 4.69) is 16.0 Å². The molecule has 1 aromatic heterocycles. The third kappa shape index (κ3) is 8.64. The van der Waals surface area contributed by atoms with Crippen molar-refractivity contribution in [2.45, 2.75) is 63.1 Å². The molecule has 0 saturated carbocycles. The number of ether oxygens (including phenoxy) is 3. The molecule has 0 bridgehead atoms. The number of aliphatic hydroxyl groups excluding tert-OH is 2. The molecule has 2 heterocycles. The van der Waals surface area contributed by atoms with Crippen molar-refractivity contribution in [3.05, 3.63) is 88.3 Å². The summed E-state index contributed by atoms with van der Waals surface area (Å²) in [4.78, 5) is 50.6. The van der Waals surface area contributed by atoms with Gasteiger partial charge in [-0.1, -0.05) is 23.7 Å². The Morgan fingerprint density at radius 1 is 1.10 bits per heavy atom. The lowest BCUT2D eigenvalue weighted by Crippen LogP contribution is -2.68. The van der Waals surface area contributed by atoms with Gasteiger partial charge in [0, 0.05) is 35.7 Å². The van der Waals surface area contributed by atoms with E-state index in [1.807, 2.05) is 0 Å². The fraction of sp³-hybridized carbons (Fsp3) is 0.355. The molecule has 1 aliphatic rings. The van der Waals surface area contributed by atoms with Crippen LogP contribution in [0.3, 0.4) is 0 Å². The molecule has 14 nitrogen and oxygen atoms in total. The van der Waals surface area contributed by atoms with Crippen LogP contribution in [0.2, 0.25) is 5.02 Å². The van der Waals surface area contributed by atoms with Gasteiger partial charge in [0.05, 0.1) is 37.1 Å². The monoisotopic (exact) mass is 695 g/mol. The molecule has 6 atom stereocenters. The fourth-order valence-corrected chi connectivity index (χ4v) is 5.06. The molecule has 0 aliphatic carbocycles. The number of aliphatic carboxylic acids is 1. The van der Waals surface area contributed by atoms with E-state index in [4.69, 9.17) is 30.2 Å². The molecule has 6 N–H and O–H groups in total. The number of carboxylic acids is 1. The molecular weight excluding hydrogens is 664 g/mol. The van der Waals surface area contributed by atoms with Crippen molar-refractivity contribution in [1.29, 1.82) is 0 Å². The second-order valence-electron chi connectivity index (χ2n) is 10.8. The smallest absolute Gasteiger partial charge is 0.412 e. The molecule has 0 radical (unpaired) electrons. The number of carbonyl (C=O) groups is 4. The summed E-state index contributed by atoms with van der Waals surface area (Å²) in [6, 6.07) is 8.76. The molecule has 1 aliphatic heterocycles. The molecule has 1 fully saturated rings. The largest absolute Gasteiger partial charge is 0.477 e. The Labute approximate surface area is 276 Å². The molecule has 1 saturated heterocycles. The minimum atomic E-state index is -2.82. The Morgan fingerprint density at radius 2 is 1.81 bits per heavy atom. The minimum Gasteiger partial charge on any atom is -0.477 e. The number of carboxylic acid groups (broad SMARTS) is 1. The normalized spacial score (nSPS) is 21.9. The lowest BCUT2D eigenvalue weighted by molar-refractivity contribution is -0.313. The van der Waals surface area contributed by atoms with E-state index in [1.165, 1.54) is 36.6 Å². The van der Waals surface area contributed by atoms with Crippen LogP contribution in [-0.4, -0.2) is 82.0 Å². The van der Waals surface area contributed by atoms with Crippen molar-refractivity contribution in [3.63, 3.8) is 0 Å².